The second-order valence-corrected chi connectivity index (χ2v) is 8.46. The molecular weight excluding hydrogens is 432 g/mol. The lowest BCUT2D eigenvalue weighted by atomic mass is 10.1. The number of ether oxygens (including phenoxy) is 1. The summed E-state index contributed by atoms with van der Waals surface area (Å²) >= 11 is 3.22. The molecule has 0 bridgehead atoms. The molecule has 1 unspecified atom stereocenters. The van der Waals surface area contributed by atoms with Crippen molar-refractivity contribution in [3.8, 4) is 5.75 Å². The van der Waals surface area contributed by atoms with Gasteiger partial charge in [-0.1, -0.05) is 24.3 Å². The minimum atomic E-state index is -3.67. The largest absolute Gasteiger partial charge is 0.494 e. The predicted molar refractivity (Wildman–Crippen MR) is 108 cm³/mol. The molecule has 1 atom stereocenters. The lowest BCUT2D eigenvalue weighted by Gasteiger charge is -2.15. The van der Waals surface area contributed by atoms with Crippen molar-refractivity contribution >= 4 is 31.9 Å². The molecule has 0 aromatic heterocycles. The highest BCUT2D eigenvalue weighted by Gasteiger charge is 2.17. The number of halogens is 1. The third kappa shape index (κ3) is 6.34. The molecule has 0 spiro atoms. The molecule has 0 saturated heterocycles. The van der Waals surface area contributed by atoms with Crippen molar-refractivity contribution in [3.05, 3.63) is 58.6 Å². The van der Waals surface area contributed by atoms with Gasteiger partial charge in [0.2, 0.25) is 15.9 Å². The Labute approximate surface area is 168 Å². The fraction of sp³-hybridized carbons (Fsp3) is 0.316. The summed E-state index contributed by atoms with van der Waals surface area (Å²) in [5.74, 6) is 0.549. The number of carbonyl (C=O) groups is 1. The molecule has 8 heteroatoms. The first-order valence-electron chi connectivity index (χ1n) is 8.60. The van der Waals surface area contributed by atoms with Crippen molar-refractivity contribution in [2.24, 2.45) is 0 Å². The van der Waals surface area contributed by atoms with E-state index in [0.717, 1.165) is 11.3 Å². The van der Waals surface area contributed by atoms with Crippen molar-refractivity contribution in [2.75, 3.05) is 13.2 Å². The Hall–Kier alpha value is -1.90. The van der Waals surface area contributed by atoms with E-state index >= 15 is 0 Å². The predicted octanol–water partition coefficient (Wildman–Crippen LogP) is 3.39. The second kappa shape index (κ2) is 9.87. The third-order valence-electron chi connectivity index (χ3n) is 3.84. The molecule has 1 amide bonds. The number of hydrogen-bond donors (Lipinski definition) is 2. The Morgan fingerprint density at radius 3 is 2.44 bits per heavy atom. The number of hydrogen-bond acceptors (Lipinski definition) is 4. The van der Waals surface area contributed by atoms with E-state index in [2.05, 4.69) is 26.0 Å². The minimum absolute atomic E-state index is 0.0193. The molecule has 6 nitrogen and oxygen atoms in total. The number of carbonyl (C=O) groups excluding carboxylic acids is 1. The van der Waals surface area contributed by atoms with Gasteiger partial charge in [0.1, 0.15) is 5.75 Å². The van der Waals surface area contributed by atoms with Crippen LogP contribution in [0.2, 0.25) is 0 Å². The molecule has 2 rings (SSSR count). The number of nitrogens with one attached hydrogen (secondary N) is 2. The van der Waals surface area contributed by atoms with Crippen molar-refractivity contribution in [3.63, 3.8) is 0 Å². The fourth-order valence-electron chi connectivity index (χ4n) is 2.46. The lowest BCUT2D eigenvalue weighted by Crippen LogP contribution is -2.32. The van der Waals surface area contributed by atoms with E-state index in [1.165, 1.54) is 6.07 Å². The zero-order valence-electron chi connectivity index (χ0n) is 15.2. The number of benzene rings is 2. The Morgan fingerprint density at radius 2 is 1.81 bits per heavy atom. The van der Waals surface area contributed by atoms with E-state index in [9.17, 15) is 13.2 Å². The highest BCUT2D eigenvalue weighted by atomic mass is 79.9. The van der Waals surface area contributed by atoms with Gasteiger partial charge in [-0.25, -0.2) is 13.1 Å². The first kappa shape index (κ1) is 21.4. The van der Waals surface area contributed by atoms with Gasteiger partial charge < -0.3 is 10.1 Å². The van der Waals surface area contributed by atoms with Crippen LogP contribution in [0.4, 0.5) is 0 Å². The first-order valence-corrected chi connectivity index (χ1v) is 10.9. The maximum absolute atomic E-state index is 12.3. The van der Waals surface area contributed by atoms with Crippen LogP contribution >= 0.6 is 15.9 Å². The summed E-state index contributed by atoms with van der Waals surface area (Å²) < 4.78 is 32.9. The van der Waals surface area contributed by atoms with Gasteiger partial charge in [-0.05, 0) is 59.6 Å². The van der Waals surface area contributed by atoms with E-state index in [0.29, 0.717) is 11.1 Å². The summed E-state index contributed by atoms with van der Waals surface area (Å²) in [5.41, 5.74) is 0.945. The van der Waals surface area contributed by atoms with E-state index in [4.69, 9.17) is 4.74 Å². The van der Waals surface area contributed by atoms with Gasteiger partial charge in [-0.2, -0.15) is 0 Å². The van der Waals surface area contributed by atoms with Crippen LogP contribution < -0.4 is 14.8 Å². The maximum atomic E-state index is 12.3. The lowest BCUT2D eigenvalue weighted by molar-refractivity contribution is -0.121. The van der Waals surface area contributed by atoms with Crippen LogP contribution in [0, 0.1) is 0 Å². The topological polar surface area (TPSA) is 84.5 Å². The Kier molecular flexibility index (Phi) is 7.82. The summed E-state index contributed by atoms with van der Waals surface area (Å²) in [6.45, 7) is 4.41. The smallest absolute Gasteiger partial charge is 0.241 e. The van der Waals surface area contributed by atoms with Crippen LogP contribution in [-0.2, 0) is 14.8 Å². The quantitative estimate of drug-likeness (QED) is 0.607. The molecular formula is C19H23BrN2O4S. The van der Waals surface area contributed by atoms with Gasteiger partial charge in [0.05, 0.1) is 17.5 Å². The monoisotopic (exact) mass is 454 g/mol. The number of amides is 1. The maximum Gasteiger partial charge on any atom is 0.241 e. The number of sulfonamides is 1. The Morgan fingerprint density at radius 1 is 1.15 bits per heavy atom. The van der Waals surface area contributed by atoms with Crippen molar-refractivity contribution < 1.29 is 17.9 Å². The van der Waals surface area contributed by atoms with E-state index in [1.54, 1.807) is 18.2 Å². The summed E-state index contributed by atoms with van der Waals surface area (Å²) in [6, 6.07) is 13.8. The molecule has 2 aromatic rings. The normalized spacial score (nSPS) is 12.4. The molecule has 0 aliphatic heterocycles. The standard InChI is InChI=1S/C19H23BrN2O4S/c1-3-26-16-10-8-15(9-11-16)14(2)22-19(23)12-13-21-27(24,25)18-7-5-4-6-17(18)20/h4-11,14,21H,3,12-13H2,1-2H3,(H,22,23). The molecule has 0 saturated carbocycles. The van der Waals surface area contributed by atoms with Gasteiger partial charge in [0.25, 0.3) is 0 Å². The molecule has 2 N–H and O–H groups in total. The molecule has 0 heterocycles. The summed E-state index contributed by atoms with van der Waals surface area (Å²) in [6.07, 6.45) is 0.0467. The molecule has 2 aromatic carbocycles. The van der Waals surface area contributed by atoms with E-state index in [1.807, 2.05) is 38.1 Å². The Balaban J connectivity index is 1.84. The van der Waals surface area contributed by atoms with Crippen LogP contribution in [0.1, 0.15) is 31.9 Å². The van der Waals surface area contributed by atoms with Crippen LogP contribution in [0.15, 0.2) is 57.9 Å². The van der Waals surface area contributed by atoms with Crippen molar-refractivity contribution in [1.82, 2.24) is 10.0 Å². The summed E-state index contributed by atoms with van der Waals surface area (Å²) in [5, 5.41) is 2.86. The Bertz CT molecular complexity index is 870. The molecule has 27 heavy (non-hydrogen) atoms. The van der Waals surface area contributed by atoms with Gasteiger partial charge in [0, 0.05) is 17.4 Å². The fourth-order valence-corrected chi connectivity index (χ4v) is 4.49. The van der Waals surface area contributed by atoms with E-state index in [-0.39, 0.29) is 29.8 Å². The van der Waals surface area contributed by atoms with E-state index < -0.39 is 10.0 Å². The van der Waals surface area contributed by atoms with Crippen LogP contribution in [-0.4, -0.2) is 27.5 Å². The van der Waals surface area contributed by atoms with Crippen molar-refractivity contribution in [2.45, 2.75) is 31.2 Å². The third-order valence-corrected chi connectivity index (χ3v) is 6.31. The second-order valence-electron chi connectivity index (χ2n) is 5.87. The van der Waals surface area contributed by atoms with Crippen LogP contribution in [0.3, 0.4) is 0 Å². The number of rotatable bonds is 9. The molecule has 0 aliphatic carbocycles. The summed E-state index contributed by atoms with van der Waals surface area (Å²) in [7, 11) is -3.67. The molecule has 146 valence electrons. The minimum Gasteiger partial charge on any atom is -0.494 e. The molecule has 0 aliphatic rings. The SMILES string of the molecule is CCOc1ccc(C(C)NC(=O)CCNS(=O)(=O)c2ccccc2Br)cc1. The van der Waals surface area contributed by atoms with Gasteiger partial charge >= 0.3 is 0 Å². The van der Waals surface area contributed by atoms with Gasteiger partial charge in [0.15, 0.2) is 0 Å². The molecule has 0 radical (unpaired) electrons. The van der Waals surface area contributed by atoms with Crippen LogP contribution in [0.25, 0.3) is 0 Å². The molecule has 0 fully saturated rings. The van der Waals surface area contributed by atoms with Crippen molar-refractivity contribution in [1.29, 1.82) is 0 Å². The van der Waals surface area contributed by atoms with Crippen LogP contribution in [0.5, 0.6) is 5.75 Å². The average molecular weight is 455 g/mol. The van der Waals surface area contributed by atoms with Gasteiger partial charge in [-0.3, -0.25) is 4.79 Å². The summed E-state index contributed by atoms with van der Waals surface area (Å²) in [4.78, 5) is 12.3. The highest BCUT2D eigenvalue weighted by molar-refractivity contribution is 9.10. The zero-order valence-corrected chi connectivity index (χ0v) is 17.6. The zero-order chi connectivity index (χ0) is 19.9. The highest BCUT2D eigenvalue weighted by Crippen LogP contribution is 2.21. The van der Waals surface area contributed by atoms with Gasteiger partial charge in [-0.15, -0.1) is 0 Å². The average Bonchev–Trinajstić information content (AvgIpc) is 2.62. The first-order chi connectivity index (χ1) is 12.8.